The minimum Gasteiger partial charge on any atom is -0.356 e. The van der Waals surface area contributed by atoms with Crippen LogP contribution in [0.5, 0.6) is 0 Å². The number of urea groups is 1. The predicted octanol–water partition coefficient (Wildman–Crippen LogP) is 3.86. The van der Waals surface area contributed by atoms with Gasteiger partial charge < -0.3 is 20.9 Å². The molecule has 2 heterocycles. The number of pyridine rings is 1. The van der Waals surface area contributed by atoms with E-state index in [1.54, 1.807) is 12.3 Å². The number of nitrogens with zero attached hydrogens (tertiary/aromatic N) is 2. The first-order chi connectivity index (χ1) is 14.5. The number of amides is 3. The molecule has 0 bridgehead atoms. The second-order valence-corrected chi connectivity index (χ2v) is 7.55. The number of aromatic nitrogens is 1. The summed E-state index contributed by atoms with van der Waals surface area (Å²) in [6.45, 7) is 9.60. The van der Waals surface area contributed by atoms with Gasteiger partial charge >= 0.3 is 6.03 Å². The molecule has 0 aliphatic carbocycles. The van der Waals surface area contributed by atoms with E-state index in [2.05, 4.69) is 32.4 Å². The van der Waals surface area contributed by atoms with Crippen LogP contribution in [-0.4, -0.2) is 36.6 Å². The number of rotatable bonds is 6. The highest BCUT2D eigenvalue weighted by Crippen LogP contribution is 2.23. The van der Waals surface area contributed by atoms with Crippen LogP contribution in [0.3, 0.4) is 0 Å². The van der Waals surface area contributed by atoms with Gasteiger partial charge in [0.05, 0.1) is 17.8 Å². The van der Waals surface area contributed by atoms with Gasteiger partial charge in [-0.1, -0.05) is 18.2 Å². The molecule has 1 atom stereocenters. The molecule has 1 saturated heterocycles. The number of aryl methyl sites for hydroxylation is 1. The van der Waals surface area contributed by atoms with Gasteiger partial charge in [-0.15, -0.1) is 6.58 Å². The van der Waals surface area contributed by atoms with Crippen molar-refractivity contribution in [1.29, 1.82) is 0 Å². The molecule has 1 aliphatic rings. The molecule has 0 saturated carbocycles. The average Bonchev–Trinajstić information content (AvgIpc) is 2.76. The maximum atomic E-state index is 12.3. The first-order valence-electron chi connectivity index (χ1n) is 10.2. The van der Waals surface area contributed by atoms with Crippen molar-refractivity contribution in [2.45, 2.75) is 26.7 Å². The van der Waals surface area contributed by atoms with Crippen LogP contribution in [0.4, 0.5) is 22.0 Å². The summed E-state index contributed by atoms with van der Waals surface area (Å²) >= 11 is 0. The van der Waals surface area contributed by atoms with Crippen LogP contribution in [0.1, 0.15) is 24.0 Å². The van der Waals surface area contributed by atoms with Crippen molar-refractivity contribution >= 4 is 29.1 Å². The molecule has 158 valence electrons. The van der Waals surface area contributed by atoms with Crippen LogP contribution < -0.4 is 20.9 Å². The summed E-state index contributed by atoms with van der Waals surface area (Å²) in [5.41, 5.74) is 3.56. The second kappa shape index (κ2) is 9.91. The molecule has 1 aromatic heterocycles. The van der Waals surface area contributed by atoms with Crippen LogP contribution in [0.25, 0.3) is 0 Å². The summed E-state index contributed by atoms with van der Waals surface area (Å²) in [6, 6.07) is 9.19. The minimum absolute atomic E-state index is 0.0540. The molecule has 3 rings (SSSR count). The van der Waals surface area contributed by atoms with E-state index < -0.39 is 0 Å². The molecule has 0 spiro atoms. The van der Waals surface area contributed by atoms with E-state index in [0.717, 1.165) is 42.0 Å². The molecule has 1 aromatic carbocycles. The average molecular weight is 408 g/mol. The summed E-state index contributed by atoms with van der Waals surface area (Å²) in [5, 5.41) is 8.56. The number of hydrogen-bond acceptors (Lipinski definition) is 4. The SMILES string of the molecule is C=CCNC(=O)C1CCCN(c2ccc(NC(=O)Nc3cccc(C)c3C)cn2)C1. The van der Waals surface area contributed by atoms with Crippen LogP contribution in [0.15, 0.2) is 49.2 Å². The van der Waals surface area contributed by atoms with Crippen molar-refractivity contribution in [1.82, 2.24) is 10.3 Å². The number of benzene rings is 1. The van der Waals surface area contributed by atoms with Crippen molar-refractivity contribution in [3.05, 3.63) is 60.3 Å². The molecule has 1 aliphatic heterocycles. The quantitative estimate of drug-likeness (QED) is 0.635. The van der Waals surface area contributed by atoms with Crippen LogP contribution in [0, 0.1) is 19.8 Å². The lowest BCUT2D eigenvalue weighted by Crippen LogP contribution is -2.43. The maximum Gasteiger partial charge on any atom is 0.323 e. The Morgan fingerprint density at radius 1 is 1.23 bits per heavy atom. The van der Waals surface area contributed by atoms with Crippen molar-refractivity contribution in [2.24, 2.45) is 5.92 Å². The highest BCUT2D eigenvalue weighted by Gasteiger charge is 2.26. The number of hydrogen-bond donors (Lipinski definition) is 3. The Morgan fingerprint density at radius 3 is 2.80 bits per heavy atom. The monoisotopic (exact) mass is 407 g/mol. The summed E-state index contributed by atoms with van der Waals surface area (Å²) in [5.74, 6) is 0.805. The van der Waals surface area contributed by atoms with Crippen molar-refractivity contribution in [2.75, 3.05) is 35.2 Å². The van der Waals surface area contributed by atoms with Gasteiger partial charge in [0.25, 0.3) is 0 Å². The third-order valence-electron chi connectivity index (χ3n) is 5.40. The van der Waals surface area contributed by atoms with E-state index in [-0.39, 0.29) is 17.9 Å². The van der Waals surface area contributed by atoms with Gasteiger partial charge in [0, 0.05) is 25.3 Å². The van der Waals surface area contributed by atoms with E-state index in [0.29, 0.717) is 18.8 Å². The molecule has 7 heteroatoms. The van der Waals surface area contributed by atoms with Gasteiger partial charge in [-0.2, -0.15) is 0 Å². The number of nitrogens with one attached hydrogen (secondary N) is 3. The lowest BCUT2D eigenvalue weighted by atomic mass is 9.97. The molecule has 2 aromatic rings. The third-order valence-corrected chi connectivity index (χ3v) is 5.40. The zero-order valence-electron chi connectivity index (χ0n) is 17.6. The van der Waals surface area contributed by atoms with E-state index in [9.17, 15) is 9.59 Å². The normalized spacial score (nSPS) is 15.9. The zero-order chi connectivity index (χ0) is 21.5. The number of carbonyl (C=O) groups is 2. The molecule has 7 nitrogen and oxygen atoms in total. The van der Waals surface area contributed by atoms with Crippen LogP contribution in [-0.2, 0) is 4.79 Å². The Morgan fingerprint density at radius 2 is 2.07 bits per heavy atom. The maximum absolute atomic E-state index is 12.3. The first-order valence-corrected chi connectivity index (χ1v) is 10.2. The Balaban J connectivity index is 1.58. The fraction of sp³-hybridized carbons (Fsp3) is 0.348. The number of carbonyl (C=O) groups excluding carboxylic acids is 2. The van der Waals surface area contributed by atoms with Crippen LogP contribution >= 0.6 is 0 Å². The van der Waals surface area contributed by atoms with E-state index in [1.807, 2.05) is 44.2 Å². The molecule has 1 unspecified atom stereocenters. The smallest absolute Gasteiger partial charge is 0.323 e. The Bertz CT molecular complexity index is 910. The van der Waals surface area contributed by atoms with E-state index in [4.69, 9.17) is 0 Å². The largest absolute Gasteiger partial charge is 0.356 e. The van der Waals surface area contributed by atoms with Crippen LogP contribution in [0.2, 0.25) is 0 Å². The van der Waals surface area contributed by atoms with Gasteiger partial charge in [-0.3, -0.25) is 4.79 Å². The predicted molar refractivity (Wildman–Crippen MR) is 121 cm³/mol. The van der Waals surface area contributed by atoms with Gasteiger partial charge in [0.1, 0.15) is 5.82 Å². The molecular weight excluding hydrogens is 378 g/mol. The second-order valence-electron chi connectivity index (χ2n) is 7.55. The minimum atomic E-state index is -0.310. The van der Waals surface area contributed by atoms with E-state index >= 15 is 0 Å². The van der Waals surface area contributed by atoms with Gasteiger partial charge in [-0.25, -0.2) is 9.78 Å². The zero-order valence-corrected chi connectivity index (χ0v) is 17.6. The Labute approximate surface area is 177 Å². The molecular formula is C23H29N5O2. The van der Waals surface area contributed by atoms with Crippen molar-refractivity contribution in [3.63, 3.8) is 0 Å². The Kier molecular flexibility index (Phi) is 7.06. The highest BCUT2D eigenvalue weighted by atomic mass is 16.2. The van der Waals surface area contributed by atoms with Gasteiger partial charge in [-0.05, 0) is 56.0 Å². The molecule has 1 fully saturated rings. The fourth-order valence-electron chi connectivity index (χ4n) is 3.53. The number of piperidine rings is 1. The third kappa shape index (κ3) is 5.37. The first kappa shape index (κ1) is 21.4. The topological polar surface area (TPSA) is 86.4 Å². The van der Waals surface area contributed by atoms with Gasteiger partial charge in [0.2, 0.25) is 5.91 Å². The summed E-state index contributed by atoms with van der Waals surface area (Å²) in [6.07, 6.45) is 5.13. The lowest BCUT2D eigenvalue weighted by molar-refractivity contribution is -0.125. The lowest BCUT2D eigenvalue weighted by Gasteiger charge is -2.32. The summed E-state index contributed by atoms with van der Waals surface area (Å²) in [4.78, 5) is 31.2. The van der Waals surface area contributed by atoms with Crippen molar-refractivity contribution in [3.8, 4) is 0 Å². The molecule has 3 amide bonds. The van der Waals surface area contributed by atoms with Crippen molar-refractivity contribution < 1.29 is 9.59 Å². The molecule has 3 N–H and O–H groups in total. The molecule has 0 radical (unpaired) electrons. The summed E-state index contributed by atoms with van der Waals surface area (Å²) in [7, 11) is 0. The summed E-state index contributed by atoms with van der Waals surface area (Å²) < 4.78 is 0. The fourth-order valence-corrected chi connectivity index (χ4v) is 3.53. The standard InChI is InChI=1S/C23H29N5O2/c1-4-12-24-22(29)18-8-6-13-28(15-18)21-11-10-19(14-25-21)26-23(30)27-20-9-5-7-16(2)17(20)3/h4-5,7,9-11,14,18H,1,6,8,12-13,15H2,2-3H3,(H,24,29)(H2,26,27,30). The highest BCUT2D eigenvalue weighted by molar-refractivity contribution is 6.00. The van der Waals surface area contributed by atoms with Gasteiger partial charge in [0.15, 0.2) is 0 Å². The van der Waals surface area contributed by atoms with E-state index in [1.165, 1.54) is 0 Å². The Hall–Kier alpha value is -3.35. The molecule has 30 heavy (non-hydrogen) atoms. The number of anilines is 3.